The molecule has 2 aromatic heterocycles. The van der Waals surface area contributed by atoms with E-state index in [0.29, 0.717) is 11.8 Å². The van der Waals surface area contributed by atoms with Crippen molar-refractivity contribution in [1.82, 2.24) is 14.7 Å². The van der Waals surface area contributed by atoms with Crippen LogP contribution in [0.5, 0.6) is 5.75 Å². The molecule has 4 rings (SSSR count). The van der Waals surface area contributed by atoms with Crippen LogP contribution in [0.4, 0.5) is 4.39 Å². The van der Waals surface area contributed by atoms with Gasteiger partial charge in [-0.2, -0.15) is 0 Å². The molecular formula is C25H20FN3O4S. The molecule has 0 unspecified atom stereocenters. The summed E-state index contributed by atoms with van der Waals surface area (Å²) in [5, 5.41) is 0.377. The van der Waals surface area contributed by atoms with Gasteiger partial charge in [-0.1, -0.05) is 55.3 Å². The number of hydrogen-bond acceptors (Lipinski definition) is 7. The molecular weight excluding hydrogens is 457 g/mol. The highest BCUT2D eigenvalue weighted by atomic mass is 32.1. The monoisotopic (exact) mass is 477 g/mol. The highest BCUT2D eigenvalue weighted by Crippen LogP contribution is 2.31. The van der Waals surface area contributed by atoms with Crippen LogP contribution in [0.3, 0.4) is 0 Å². The van der Waals surface area contributed by atoms with Gasteiger partial charge in [0.25, 0.3) is 5.91 Å². The third kappa shape index (κ3) is 4.99. The molecule has 0 spiro atoms. The number of nitrogens with one attached hydrogen (secondary N) is 1. The lowest BCUT2D eigenvalue weighted by molar-refractivity contribution is 0.0588. The highest BCUT2D eigenvalue weighted by molar-refractivity contribution is 7.78. The van der Waals surface area contributed by atoms with Crippen molar-refractivity contribution in [3.8, 4) is 5.75 Å². The smallest absolute Gasteiger partial charge is 0.360 e. The van der Waals surface area contributed by atoms with Crippen LogP contribution in [-0.4, -0.2) is 29.0 Å². The van der Waals surface area contributed by atoms with Crippen molar-refractivity contribution >= 4 is 35.6 Å². The van der Waals surface area contributed by atoms with Gasteiger partial charge in [0.15, 0.2) is 11.4 Å². The molecule has 0 fully saturated rings. The Bertz CT molecular complexity index is 1350. The quantitative estimate of drug-likeness (QED) is 0.305. The molecule has 0 atom stereocenters. The van der Waals surface area contributed by atoms with Crippen molar-refractivity contribution in [3.63, 3.8) is 0 Å². The molecule has 1 amide bonds. The maximum atomic E-state index is 13.3. The van der Waals surface area contributed by atoms with E-state index in [1.807, 2.05) is 30.3 Å². The number of aromatic nitrogens is 2. The Kier molecular flexibility index (Phi) is 7.03. The summed E-state index contributed by atoms with van der Waals surface area (Å²) >= 11 is 3.85. The number of ether oxygens (including phenoxy) is 2. The number of thiol groups is 1. The van der Waals surface area contributed by atoms with Gasteiger partial charge in [-0.3, -0.25) is 14.5 Å². The van der Waals surface area contributed by atoms with E-state index in [0.717, 1.165) is 16.7 Å². The van der Waals surface area contributed by atoms with Crippen LogP contribution in [-0.2, 0) is 17.8 Å². The molecule has 0 aliphatic carbocycles. The van der Waals surface area contributed by atoms with Crippen LogP contribution < -0.4 is 9.46 Å². The number of halogens is 1. The number of hydrogen-bond donors (Lipinski definition) is 2. The van der Waals surface area contributed by atoms with Gasteiger partial charge in [0, 0.05) is 11.6 Å². The standard InChI is InChI=1S/C25H20FN3O4S/c1-32-25(31)22-23(33-14-16-5-3-2-4-6-16)20-19(21(28-22)24(30)29-34)12-17(13-27-20)11-15-7-9-18(26)10-8-15/h2-10,12-13,34H,11,14H2,1H3,(H,29,30). The summed E-state index contributed by atoms with van der Waals surface area (Å²) in [5.41, 5.74) is 2.55. The Morgan fingerprint density at radius 2 is 1.74 bits per heavy atom. The van der Waals surface area contributed by atoms with Gasteiger partial charge < -0.3 is 9.47 Å². The molecule has 0 saturated carbocycles. The largest absolute Gasteiger partial charge is 0.484 e. The minimum atomic E-state index is -0.768. The van der Waals surface area contributed by atoms with E-state index < -0.39 is 11.9 Å². The van der Waals surface area contributed by atoms with Gasteiger partial charge in [0.1, 0.15) is 23.6 Å². The second kappa shape index (κ2) is 10.3. The number of rotatable bonds is 7. The maximum Gasteiger partial charge on any atom is 0.360 e. The topological polar surface area (TPSA) is 90.4 Å². The predicted molar refractivity (Wildman–Crippen MR) is 127 cm³/mol. The van der Waals surface area contributed by atoms with Gasteiger partial charge in [0.05, 0.1) is 7.11 Å². The molecule has 0 saturated heterocycles. The number of nitrogens with zero attached hydrogens (tertiary/aromatic N) is 2. The number of methoxy groups -OCH3 is 1. The molecule has 172 valence electrons. The van der Waals surface area contributed by atoms with Gasteiger partial charge in [-0.25, -0.2) is 14.2 Å². The van der Waals surface area contributed by atoms with Crippen molar-refractivity contribution in [2.24, 2.45) is 0 Å². The normalized spacial score (nSPS) is 10.7. The zero-order chi connectivity index (χ0) is 24.1. The molecule has 1 N–H and O–H groups in total. The molecule has 0 aliphatic heterocycles. The van der Waals surface area contributed by atoms with E-state index in [2.05, 4.69) is 27.5 Å². The zero-order valence-electron chi connectivity index (χ0n) is 18.1. The number of benzene rings is 2. The van der Waals surface area contributed by atoms with Crippen molar-refractivity contribution in [2.75, 3.05) is 7.11 Å². The van der Waals surface area contributed by atoms with E-state index in [4.69, 9.17) is 9.47 Å². The lowest BCUT2D eigenvalue weighted by Gasteiger charge is -2.15. The zero-order valence-corrected chi connectivity index (χ0v) is 19.0. The van der Waals surface area contributed by atoms with E-state index in [1.165, 1.54) is 19.2 Å². The number of pyridine rings is 2. The Labute approximate surface area is 200 Å². The van der Waals surface area contributed by atoms with Crippen LogP contribution in [0, 0.1) is 5.82 Å². The lowest BCUT2D eigenvalue weighted by Crippen LogP contribution is -2.19. The molecule has 4 aromatic rings. The molecule has 7 nitrogen and oxygen atoms in total. The summed E-state index contributed by atoms with van der Waals surface area (Å²) in [7, 11) is 1.22. The fourth-order valence-corrected chi connectivity index (χ4v) is 3.57. The Morgan fingerprint density at radius 1 is 1.00 bits per heavy atom. The molecule has 9 heteroatoms. The van der Waals surface area contributed by atoms with Gasteiger partial charge in [0.2, 0.25) is 0 Å². The summed E-state index contributed by atoms with van der Waals surface area (Å²) in [6.45, 7) is 0.152. The average Bonchev–Trinajstić information content (AvgIpc) is 2.88. The summed E-state index contributed by atoms with van der Waals surface area (Å²) < 4.78 is 26.4. The minimum absolute atomic E-state index is 0.0501. The van der Waals surface area contributed by atoms with E-state index >= 15 is 0 Å². The fraction of sp³-hybridized carbons (Fsp3) is 0.120. The lowest BCUT2D eigenvalue weighted by atomic mass is 10.0. The van der Waals surface area contributed by atoms with Crippen molar-refractivity contribution in [2.45, 2.75) is 13.0 Å². The van der Waals surface area contributed by atoms with Gasteiger partial charge >= 0.3 is 5.97 Å². The first-order chi connectivity index (χ1) is 16.5. The molecule has 2 heterocycles. The minimum Gasteiger partial charge on any atom is -0.484 e. The highest BCUT2D eigenvalue weighted by Gasteiger charge is 2.25. The third-order valence-corrected chi connectivity index (χ3v) is 5.30. The summed E-state index contributed by atoms with van der Waals surface area (Å²) in [4.78, 5) is 33.9. The predicted octanol–water partition coefficient (Wildman–Crippen LogP) is 4.30. The fourth-order valence-electron chi connectivity index (χ4n) is 3.47. The number of amides is 1. The SMILES string of the molecule is COC(=O)c1nc(C(=O)NS)c2cc(Cc3ccc(F)cc3)cnc2c1OCc1ccccc1. The van der Waals surface area contributed by atoms with Crippen LogP contribution in [0.2, 0.25) is 0 Å². The Morgan fingerprint density at radius 3 is 2.41 bits per heavy atom. The Hall–Kier alpha value is -3.98. The first kappa shape index (κ1) is 23.2. The number of esters is 1. The van der Waals surface area contributed by atoms with Crippen molar-refractivity contribution in [1.29, 1.82) is 0 Å². The molecule has 0 aliphatic rings. The van der Waals surface area contributed by atoms with Crippen molar-refractivity contribution < 1.29 is 23.5 Å². The van der Waals surface area contributed by atoms with Gasteiger partial charge in [-0.15, -0.1) is 0 Å². The first-order valence-corrected chi connectivity index (χ1v) is 10.7. The van der Waals surface area contributed by atoms with E-state index in [9.17, 15) is 14.0 Å². The maximum absolute atomic E-state index is 13.3. The van der Waals surface area contributed by atoms with Crippen molar-refractivity contribution in [3.05, 3.63) is 101 Å². The number of fused-ring (bicyclic) bond motifs is 1. The van der Waals surface area contributed by atoms with Crippen LogP contribution >= 0.6 is 12.8 Å². The Balaban J connectivity index is 1.84. The molecule has 0 radical (unpaired) electrons. The van der Waals surface area contributed by atoms with Crippen LogP contribution in [0.1, 0.15) is 37.7 Å². The average molecular weight is 478 g/mol. The van der Waals surface area contributed by atoms with E-state index in [-0.39, 0.29) is 35.1 Å². The van der Waals surface area contributed by atoms with E-state index in [1.54, 1.807) is 24.4 Å². The summed E-state index contributed by atoms with van der Waals surface area (Å²) in [6, 6.07) is 17.2. The summed E-state index contributed by atoms with van der Waals surface area (Å²) in [5.74, 6) is -1.60. The molecule has 0 bridgehead atoms. The molecule has 34 heavy (non-hydrogen) atoms. The number of carbonyl (C=O) groups excluding carboxylic acids is 2. The first-order valence-electron chi connectivity index (χ1n) is 10.3. The van der Waals surface area contributed by atoms with Crippen LogP contribution in [0.25, 0.3) is 10.9 Å². The van der Waals surface area contributed by atoms with Gasteiger partial charge in [-0.05, 0) is 41.3 Å². The second-order valence-electron chi connectivity index (χ2n) is 7.39. The third-order valence-electron chi connectivity index (χ3n) is 5.10. The summed E-state index contributed by atoms with van der Waals surface area (Å²) in [6.07, 6.45) is 2.06. The second-order valence-corrected chi connectivity index (χ2v) is 7.61. The van der Waals surface area contributed by atoms with Crippen LogP contribution in [0.15, 0.2) is 66.9 Å². The number of carbonyl (C=O) groups is 2. The molecule has 2 aromatic carbocycles.